The minimum atomic E-state index is 0.298. The first-order chi connectivity index (χ1) is 7.59. The van der Waals surface area contributed by atoms with Crippen LogP contribution in [0.25, 0.3) is 0 Å². The average Bonchev–Trinajstić information content (AvgIpc) is 2.73. The maximum atomic E-state index is 10.3. The standard InChI is InChI=1S/C13H18ClNO/c1-8(2)11-5-10(14)6-12(13(11)16)9-3-4-15-7-9/h5-6,8-9,15-16H,3-4,7H2,1-2H3. The highest BCUT2D eigenvalue weighted by Gasteiger charge is 2.22. The number of hydrogen-bond donors (Lipinski definition) is 2. The number of phenolic OH excluding ortho intramolecular Hbond substituents is 1. The smallest absolute Gasteiger partial charge is 0.122 e. The molecule has 0 amide bonds. The van der Waals surface area contributed by atoms with Crippen molar-refractivity contribution in [1.82, 2.24) is 5.32 Å². The molecule has 0 aromatic heterocycles. The van der Waals surface area contributed by atoms with E-state index in [2.05, 4.69) is 19.2 Å². The number of nitrogens with one attached hydrogen (secondary N) is 1. The molecule has 2 rings (SSSR count). The Labute approximate surface area is 102 Å². The molecule has 16 heavy (non-hydrogen) atoms. The molecule has 3 heteroatoms. The Morgan fingerprint density at radius 1 is 1.44 bits per heavy atom. The molecule has 0 bridgehead atoms. The number of rotatable bonds is 2. The Bertz CT molecular complexity index is 384. The van der Waals surface area contributed by atoms with Crippen LogP contribution in [0.4, 0.5) is 0 Å². The second-order valence-corrected chi connectivity index (χ2v) is 5.21. The van der Waals surface area contributed by atoms with Crippen molar-refractivity contribution in [3.63, 3.8) is 0 Å². The maximum absolute atomic E-state index is 10.3. The van der Waals surface area contributed by atoms with Crippen LogP contribution in [-0.2, 0) is 0 Å². The molecule has 2 N–H and O–H groups in total. The van der Waals surface area contributed by atoms with E-state index in [0.29, 0.717) is 17.6 Å². The number of aromatic hydroxyl groups is 1. The molecule has 88 valence electrons. The number of phenols is 1. The largest absolute Gasteiger partial charge is 0.507 e. The summed E-state index contributed by atoms with van der Waals surface area (Å²) in [6.45, 7) is 6.10. The first-order valence-corrected chi connectivity index (χ1v) is 6.20. The van der Waals surface area contributed by atoms with Crippen LogP contribution in [0.1, 0.15) is 43.2 Å². The lowest BCUT2D eigenvalue weighted by Crippen LogP contribution is -2.08. The summed E-state index contributed by atoms with van der Waals surface area (Å²) in [4.78, 5) is 0. The Kier molecular flexibility index (Phi) is 3.41. The van der Waals surface area contributed by atoms with Gasteiger partial charge in [-0.2, -0.15) is 0 Å². The van der Waals surface area contributed by atoms with Crippen molar-refractivity contribution >= 4 is 11.6 Å². The van der Waals surface area contributed by atoms with Gasteiger partial charge in [-0.15, -0.1) is 0 Å². The van der Waals surface area contributed by atoms with Crippen LogP contribution < -0.4 is 5.32 Å². The van der Waals surface area contributed by atoms with Crippen molar-refractivity contribution in [2.24, 2.45) is 0 Å². The third kappa shape index (κ3) is 2.18. The predicted molar refractivity (Wildman–Crippen MR) is 67.4 cm³/mol. The lowest BCUT2D eigenvalue weighted by atomic mass is 9.92. The molecule has 0 radical (unpaired) electrons. The predicted octanol–water partition coefficient (Wildman–Crippen LogP) is 3.25. The van der Waals surface area contributed by atoms with Gasteiger partial charge in [0.05, 0.1) is 0 Å². The van der Waals surface area contributed by atoms with Gasteiger partial charge in [0.1, 0.15) is 5.75 Å². The van der Waals surface area contributed by atoms with E-state index in [1.54, 1.807) is 0 Å². The zero-order valence-corrected chi connectivity index (χ0v) is 10.5. The SMILES string of the molecule is CC(C)c1cc(Cl)cc(C2CCNC2)c1O. The fraction of sp³-hybridized carbons (Fsp3) is 0.538. The van der Waals surface area contributed by atoms with E-state index in [1.165, 1.54) is 0 Å². The van der Waals surface area contributed by atoms with Crippen LogP contribution in [0.2, 0.25) is 5.02 Å². The van der Waals surface area contributed by atoms with Gasteiger partial charge >= 0.3 is 0 Å². The van der Waals surface area contributed by atoms with Crippen molar-refractivity contribution < 1.29 is 5.11 Å². The van der Waals surface area contributed by atoms with E-state index in [9.17, 15) is 5.11 Å². The first-order valence-electron chi connectivity index (χ1n) is 5.82. The van der Waals surface area contributed by atoms with Gasteiger partial charge < -0.3 is 10.4 Å². The average molecular weight is 240 g/mol. The number of hydrogen-bond acceptors (Lipinski definition) is 2. The molecule has 1 aliphatic heterocycles. The van der Waals surface area contributed by atoms with Crippen LogP contribution in [0.3, 0.4) is 0 Å². The summed E-state index contributed by atoms with van der Waals surface area (Å²) in [7, 11) is 0. The fourth-order valence-corrected chi connectivity index (χ4v) is 2.55. The molecule has 1 heterocycles. The number of halogens is 1. The van der Waals surface area contributed by atoms with E-state index in [0.717, 1.165) is 35.7 Å². The fourth-order valence-electron chi connectivity index (χ4n) is 2.31. The van der Waals surface area contributed by atoms with Gasteiger partial charge in [0, 0.05) is 23.0 Å². The molecule has 1 aliphatic rings. The molecule has 1 aromatic carbocycles. The summed E-state index contributed by atoms with van der Waals surface area (Å²) in [5.41, 5.74) is 1.95. The molecule has 1 atom stereocenters. The van der Waals surface area contributed by atoms with E-state index in [-0.39, 0.29) is 0 Å². The molecule has 1 aromatic rings. The van der Waals surface area contributed by atoms with Crippen molar-refractivity contribution in [3.8, 4) is 5.75 Å². The molecule has 0 saturated carbocycles. The van der Waals surface area contributed by atoms with E-state index >= 15 is 0 Å². The number of benzene rings is 1. The van der Waals surface area contributed by atoms with Crippen molar-refractivity contribution in [3.05, 3.63) is 28.3 Å². The van der Waals surface area contributed by atoms with Crippen LogP contribution in [-0.4, -0.2) is 18.2 Å². The zero-order valence-electron chi connectivity index (χ0n) is 9.76. The second-order valence-electron chi connectivity index (χ2n) is 4.78. The van der Waals surface area contributed by atoms with Gasteiger partial charge in [-0.3, -0.25) is 0 Å². The molecule has 0 aliphatic carbocycles. The quantitative estimate of drug-likeness (QED) is 0.831. The molecule has 1 fully saturated rings. The molecule has 1 saturated heterocycles. The Morgan fingerprint density at radius 3 is 2.75 bits per heavy atom. The van der Waals surface area contributed by atoms with Gasteiger partial charge in [-0.05, 0) is 36.6 Å². The molecule has 1 unspecified atom stereocenters. The topological polar surface area (TPSA) is 32.3 Å². The lowest BCUT2D eigenvalue weighted by Gasteiger charge is -2.17. The van der Waals surface area contributed by atoms with Gasteiger partial charge in [0.25, 0.3) is 0 Å². The van der Waals surface area contributed by atoms with Crippen molar-refractivity contribution in [1.29, 1.82) is 0 Å². The summed E-state index contributed by atoms with van der Waals surface area (Å²) in [5.74, 6) is 1.14. The van der Waals surface area contributed by atoms with Gasteiger partial charge in [-0.25, -0.2) is 0 Å². The first kappa shape index (κ1) is 11.7. The Hall–Kier alpha value is -0.730. The summed E-state index contributed by atoms with van der Waals surface area (Å²) in [5, 5.41) is 14.3. The van der Waals surface area contributed by atoms with Crippen molar-refractivity contribution in [2.45, 2.75) is 32.1 Å². The minimum absolute atomic E-state index is 0.298. The zero-order chi connectivity index (χ0) is 11.7. The second kappa shape index (κ2) is 4.64. The molecular weight excluding hydrogens is 222 g/mol. The highest BCUT2D eigenvalue weighted by atomic mass is 35.5. The molecule has 2 nitrogen and oxygen atoms in total. The lowest BCUT2D eigenvalue weighted by molar-refractivity contribution is 0.452. The monoisotopic (exact) mass is 239 g/mol. The summed E-state index contributed by atoms with van der Waals surface area (Å²) in [6.07, 6.45) is 1.07. The highest BCUT2D eigenvalue weighted by Crippen LogP contribution is 2.38. The Balaban J connectivity index is 2.43. The van der Waals surface area contributed by atoms with Gasteiger partial charge in [0.2, 0.25) is 0 Å². The summed E-state index contributed by atoms with van der Waals surface area (Å²) < 4.78 is 0. The van der Waals surface area contributed by atoms with Crippen LogP contribution in [0.5, 0.6) is 5.75 Å². The Morgan fingerprint density at radius 2 is 2.19 bits per heavy atom. The normalized spacial score (nSPS) is 20.6. The summed E-state index contributed by atoms with van der Waals surface area (Å²) in [6, 6.07) is 3.77. The van der Waals surface area contributed by atoms with E-state index < -0.39 is 0 Å². The van der Waals surface area contributed by atoms with Crippen LogP contribution in [0, 0.1) is 0 Å². The van der Waals surface area contributed by atoms with Crippen LogP contribution in [0.15, 0.2) is 12.1 Å². The molecule has 0 spiro atoms. The van der Waals surface area contributed by atoms with Gasteiger partial charge in [-0.1, -0.05) is 25.4 Å². The minimum Gasteiger partial charge on any atom is -0.507 e. The molecular formula is C13H18ClNO. The van der Waals surface area contributed by atoms with Crippen molar-refractivity contribution in [2.75, 3.05) is 13.1 Å². The van der Waals surface area contributed by atoms with Gasteiger partial charge in [0.15, 0.2) is 0 Å². The van der Waals surface area contributed by atoms with E-state index in [4.69, 9.17) is 11.6 Å². The summed E-state index contributed by atoms with van der Waals surface area (Å²) >= 11 is 6.11. The maximum Gasteiger partial charge on any atom is 0.122 e. The highest BCUT2D eigenvalue weighted by molar-refractivity contribution is 6.30. The van der Waals surface area contributed by atoms with E-state index in [1.807, 2.05) is 12.1 Å². The third-order valence-electron chi connectivity index (χ3n) is 3.26. The third-order valence-corrected chi connectivity index (χ3v) is 3.47. The van der Waals surface area contributed by atoms with Crippen LogP contribution >= 0.6 is 11.6 Å².